The first-order chi connectivity index (χ1) is 6.95. The van der Waals surface area contributed by atoms with Crippen LogP contribution in [0.1, 0.15) is 0 Å². The predicted molar refractivity (Wildman–Crippen MR) is 51.7 cm³/mol. The van der Waals surface area contributed by atoms with E-state index in [9.17, 15) is 0 Å². The summed E-state index contributed by atoms with van der Waals surface area (Å²) >= 11 is 0. The molecule has 1 aromatic rings. The number of hydrogen-bond acceptors (Lipinski definition) is 5. The maximum atomic E-state index is 4.07. The van der Waals surface area contributed by atoms with Gasteiger partial charge in [0.1, 0.15) is 0 Å². The monoisotopic (exact) mass is 191 g/mol. The lowest BCUT2D eigenvalue weighted by atomic mass is 10.3. The number of aromatic nitrogens is 3. The Morgan fingerprint density at radius 1 is 1.36 bits per heavy atom. The number of fused-ring (bicyclic) bond motifs is 1. The van der Waals surface area contributed by atoms with Gasteiger partial charge in [-0.3, -0.25) is 0 Å². The smallest absolute Gasteiger partial charge is 0.242 e. The second kappa shape index (κ2) is 3.16. The molecule has 5 nitrogen and oxygen atoms in total. The Kier molecular flexibility index (Phi) is 1.83. The molecule has 1 saturated heterocycles. The van der Waals surface area contributed by atoms with E-state index in [0.29, 0.717) is 5.95 Å². The molecule has 0 radical (unpaired) electrons. The van der Waals surface area contributed by atoms with Gasteiger partial charge in [0.2, 0.25) is 5.95 Å². The van der Waals surface area contributed by atoms with Crippen LogP contribution in [0, 0.1) is 17.8 Å². The first kappa shape index (κ1) is 8.11. The van der Waals surface area contributed by atoms with Crippen LogP contribution >= 0.6 is 0 Å². The van der Waals surface area contributed by atoms with Crippen LogP contribution in [0.2, 0.25) is 0 Å². The molecule has 3 rings (SSSR count). The fraction of sp³-hybridized carbons (Fsp3) is 0.667. The van der Waals surface area contributed by atoms with Crippen LogP contribution in [0.4, 0.5) is 5.95 Å². The molecule has 0 amide bonds. The van der Waals surface area contributed by atoms with Gasteiger partial charge in [0.25, 0.3) is 0 Å². The van der Waals surface area contributed by atoms with Crippen LogP contribution in [0.25, 0.3) is 0 Å². The Morgan fingerprint density at radius 2 is 2.21 bits per heavy atom. The molecule has 2 unspecified atom stereocenters. The van der Waals surface area contributed by atoms with Gasteiger partial charge in [0.05, 0.1) is 12.4 Å². The summed E-state index contributed by atoms with van der Waals surface area (Å²) in [5, 5.41) is 14.3. The van der Waals surface area contributed by atoms with Crippen molar-refractivity contribution in [2.45, 2.75) is 0 Å². The van der Waals surface area contributed by atoms with Gasteiger partial charge in [0.15, 0.2) is 0 Å². The molecule has 0 bridgehead atoms. The molecule has 0 spiro atoms. The third kappa shape index (κ3) is 1.33. The van der Waals surface area contributed by atoms with Gasteiger partial charge in [-0.15, -0.1) is 5.10 Å². The Labute approximate surface area is 82.3 Å². The van der Waals surface area contributed by atoms with E-state index in [1.54, 1.807) is 12.4 Å². The Bertz CT molecular complexity index is 304. The molecule has 1 aliphatic heterocycles. The highest BCUT2D eigenvalue weighted by Crippen LogP contribution is 2.48. The normalized spacial score (nSPS) is 33.9. The second-order valence-electron chi connectivity index (χ2n) is 4.00. The van der Waals surface area contributed by atoms with Gasteiger partial charge in [-0.1, -0.05) is 0 Å². The molecule has 1 aliphatic carbocycles. The van der Waals surface area contributed by atoms with Gasteiger partial charge in [-0.05, 0) is 30.8 Å². The lowest BCUT2D eigenvalue weighted by Gasteiger charge is -2.05. The third-order valence-electron chi connectivity index (χ3n) is 3.25. The van der Waals surface area contributed by atoms with E-state index in [-0.39, 0.29) is 0 Å². The standard InChI is InChI=1S/C9H13N5/c1-2-13-14-9(11-1)12-5-8-6-3-10-4-7(6)8/h1-2,6-8,10H,3-5H2,(H,11,12,14). The van der Waals surface area contributed by atoms with Gasteiger partial charge >= 0.3 is 0 Å². The van der Waals surface area contributed by atoms with Crippen molar-refractivity contribution in [3.8, 4) is 0 Å². The highest BCUT2D eigenvalue weighted by Gasteiger charge is 2.52. The van der Waals surface area contributed by atoms with E-state index in [1.807, 2.05) is 0 Å². The molecule has 14 heavy (non-hydrogen) atoms. The average molecular weight is 191 g/mol. The summed E-state index contributed by atoms with van der Waals surface area (Å²) in [7, 11) is 0. The maximum absolute atomic E-state index is 4.07. The van der Waals surface area contributed by atoms with Crippen LogP contribution in [-0.2, 0) is 0 Å². The molecule has 2 aliphatic rings. The summed E-state index contributed by atoms with van der Waals surface area (Å²) in [5.74, 6) is 3.24. The van der Waals surface area contributed by atoms with Crippen molar-refractivity contribution in [2.24, 2.45) is 17.8 Å². The summed E-state index contributed by atoms with van der Waals surface area (Å²) in [6.07, 6.45) is 3.24. The minimum atomic E-state index is 0.644. The first-order valence-electron chi connectivity index (χ1n) is 5.03. The van der Waals surface area contributed by atoms with E-state index in [0.717, 1.165) is 24.3 Å². The van der Waals surface area contributed by atoms with Crippen LogP contribution in [0.15, 0.2) is 12.4 Å². The molecule has 1 saturated carbocycles. The number of nitrogens with zero attached hydrogens (tertiary/aromatic N) is 3. The largest absolute Gasteiger partial charge is 0.353 e. The average Bonchev–Trinajstić information content (AvgIpc) is 2.69. The second-order valence-corrected chi connectivity index (χ2v) is 4.00. The van der Waals surface area contributed by atoms with Crippen molar-refractivity contribution in [3.63, 3.8) is 0 Å². The van der Waals surface area contributed by atoms with E-state index < -0.39 is 0 Å². The van der Waals surface area contributed by atoms with E-state index in [1.165, 1.54) is 13.1 Å². The summed E-state index contributed by atoms with van der Waals surface area (Å²) < 4.78 is 0. The van der Waals surface area contributed by atoms with Crippen LogP contribution in [0.3, 0.4) is 0 Å². The van der Waals surface area contributed by atoms with Gasteiger partial charge < -0.3 is 10.6 Å². The Hall–Kier alpha value is -1.23. The lowest BCUT2D eigenvalue weighted by Crippen LogP contribution is -2.19. The number of piperidine rings is 1. The highest BCUT2D eigenvalue weighted by atomic mass is 15.2. The quantitative estimate of drug-likeness (QED) is 0.689. The topological polar surface area (TPSA) is 62.7 Å². The zero-order valence-corrected chi connectivity index (χ0v) is 7.85. The molecule has 74 valence electrons. The van der Waals surface area contributed by atoms with Crippen molar-refractivity contribution < 1.29 is 0 Å². The minimum absolute atomic E-state index is 0.644. The molecule has 2 heterocycles. The van der Waals surface area contributed by atoms with E-state index >= 15 is 0 Å². The number of rotatable bonds is 3. The van der Waals surface area contributed by atoms with Crippen LogP contribution < -0.4 is 10.6 Å². The van der Waals surface area contributed by atoms with Crippen molar-refractivity contribution in [1.82, 2.24) is 20.5 Å². The van der Waals surface area contributed by atoms with E-state index in [2.05, 4.69) is 25.8 Å². The fourth-order valence-corrected chi connectivity index (χ4v) is 2.39. The number of anilines is 1. The van der Waals surface area contributed by atoms with Crippen molar-refractivity contribution >= 4 is 5.95 Å². The molecular weight excluding hydrogens is 178 g/mol. The molecular formula is C9H13N5. The fourth-order valence-electron chi connectivity index (χ4n) is 2.39. The SMILES string of the molecule is c1cnc(NCC2C3CNCC32)nn1. The van der Waals surface area contributed by atoms with Gasteiger partial charge in [-0.2, -0.15) is 5.10 Å². The van der Waals surface area contributed by atoms with Crippen molar-refractivity contribution in [2.75, 3.05) is 25.0 Å². The third-order valence-corrected chi connectivity index (χ3v) is 3.25. The predicted octanol–water partition coefficient (Wildman–Crippen LogP) is -0.251. The maximum Gasteiger partial charge on any atom is 0.242 e. The van der Waals surface area contributed by atoms with Crippen LogP contribution in [0.5, 0.6) is 0 Å². The zero-order valence-electron chi connectivity index (χ0n) is 7.85. The van der Waals surface area contributed by atoms with Gasteiger partial charge in [-0.25, -0.2) is 4.98 Å². The number of hydrogen-bond donors (Lipinski definition) is 2. The number of nitrogens with one attached hydrogen (secondary N) is 2. The summed E-state index contributed by atoms with van der Waals surface area (Å²) in [4.78, 5) is 4.07. The molecule has 1 aromatic heterocycles. The molecule has 2 fully saturated rings. The Morgan fingerprint density at radius 3 is 2.93 bits per heavy atom. The summed E-state index contributed by atoms with van der Waals surface area (Å²) in [5.41, 5.74) is 0. The minimum Gasteiger partial charge on any atom is -0.353 e. The van der Waals surface area contributed by atoms with Crippen molar-refractivity contribution in [3.05, 3.63) is 12.4 Å². The lowest BCUT2D eigenvalue weighted by molar-refractivity contribution is 0.613. The molecule has 2 N–H and O–H groups in total. The molecule has 0 aromatic carbocycles. The highest BCUT2D eigenvalue weighted by molar-refractivity contribution is 5.22. The first-order valence-corrected chi connectivity index (χ1v) is 5.03. The summed E-state index contributed by atoms with van der Waals surface area (Å²) in [6, 6.07) is 0. The zero-order chi connectivity index (χ0) is 9.38. The molecule has 5 heteroatoms. The van der Waals surface area contributed by atoms with Crippen LogP contribution in [-0.4, -0.2) is 34.8 Å². The van der Waals surface area contributed by atoms with Crippen molar-refractivity contribution in [1.29, 1.82) is 0 Å². The Balaban J connectivity index is 1.52. The van der Waals surface area contributed by atoms with Gasteiger partial charge in [0, 0.05) is 6.54 Å². The molecule has 2 atom stereocenters. The van der Waals surface area contributed by atoms with E-state index in [4.69, 9.17) is 0 Å². The summed E-state index contributed by atoms with van der Waals surface area (Å²) in [6.45, 7) is 3.36.